The van der Waals surface area contributed by atoms with Crippen molar-refractivity contribution in [3.63, 3.8) is 0 Å². The van der Waals surface area contributed by atoms with Gasteiger partial charge >= 0.3 is 11.9 Å². The lowest BCUT2D eigenvalue weighted by Gasteiger charge is -2.00. The van der Waals surface area contributed by atoms with Gasteiger partial charge in [-0.3, -0.25) is 20.2 Å². The van der Waals surface area contributed by atoms with E-state index >= 15 is 0 Å². The number of fused-ring (bicyclic) bond motifs is 2. The van der Waals surface area contributed by atoms with Gasteiger partial charge in [0.15, 0.2) is 0 Å². The lowest BCUT2D eigenvalue weighted by Crippen LogP contribution is -2.00. The van der Waals surface area contributed by atoms with Crippen LogP contribution in [0.3, 0.4) is 0 Å². The van der Waals surface area contributed by atoms with Crippen molar-refractivity contribution in [2.45, 2.75) is 26.1 Å². The highest BCUT2D eigenvalue weighted by molar-refractivity contribution is 5.98. The van der Waals surface area contributed by atoms with E-state index in [4.69, 9.17) is 9.47 Å². The average molecular weight is 386 g/mol. The van der Waals surface area contributed by atoms with Gasteiger partial charge in [0.2, 0.25) is 0 Å². The molecule has 0 spiro atoms. The van der Waals surface area contributed by atoms with E-state index in [1.165, 1.54) is 12.1 Å². The fourth-order valence-corrected chi connectivity index (χ4v) is 3.11. The number of nitrogens with zero attached hydrogens (tertiary/aromatic N) is 2. The molecule has 144 valence electrons. The topological polar surface area (TPSA) is 139 Å². The van der Waals surface area contributed by atoms with E-state index in [2.05, 4.69) is 0 Å². The molecule has 2 heterocycles. The van der Waals surface area contributed by atoms with Crippen molar-refractivity contribution in [1.29, 1.82) is 0 Å². The lowest BCUT2D eigenvalue weighted by molar-refractivity contribution is -0.385. The van der Waals surface area contributed by atoms with Crippen LogP contribution in [0.15, 0.2) is 36.4 Å². The zero-order valence-corrected chi connectivity index (χ0v) is 14.8. The number of rotatable bonds is 2. The van der Waals surface area contributed by atoms with Crippen molar-refractivity contribution in [3.8, 4) is 0 Å². The highest BCUT2D eigenvalue weighted by atomic mass is 16.6. The molecule has 10 nitrogen and oxygen atoms in total. The summed E-state index contributed by atoms with van der Waals surface area (Å²) >= 11 is 0. The molecule has 2 aliphatic heterocycles. The van der Waals surface area contributed by atoms with Crippen molar-refractivity contribution < 1.29 is 28.9 Å². The summed E-state index contributed by atoms with van der Waals surface area (Å²) in [5.74, 6) is -1.22. The van der Waals surface area contributed by atoms with Gasteiger partial charge in [-0.05, 0) is 13.8 Å². The number of cyclic esters (lactones) is 2. The fraction of sp³-hybridized carbons (Fsp3) is 0.222. The molecule has 0 saturated heterocycles. The first-order valence-electron chi connectivity index (χ1n) is 8.19. The SMILES string of the molecule is CC1OC(=O)c2c1cccc2[N+](=O)[O-].CC1OC(=O)c2c1cccc2[N+](=O)[O-]. The van der Waals surface area contributed by atoms with Crippen LogP contribution in [-0.2, 0) is 9.47 Å². The van der Waals surface area contributed by atoms with Crippen LogP contribution in [0.1, 0.15) is 57.9 Å². The van der Waals surface area contributed by atoms with Crippen molar-refractivity contribution in [2.24, 2.45) is 0 Å². The summed E-state index contributed by atoms with van der Waals surface area (Å²) in [6.07, 6.45) is -0.783. The van der Waals surface area contributed by atoms with Crippen LogP contribution in [0.2, 0.25) is 0 Å². The molecule has 2 aromatic carbocycles. The average Bonchev–Trinajstić information content (AvgIpc) is 3.11. The molecule has 0 fully saturated rings. The molecule has 0 N–H and O–H groups in total. The number of hydrogen-bond acceptors (Lipinski definition) is 8. The maximum Gasteiger partial charge on any atom is 0.346 e. The predicted molar refractivity (Wildman–Crippen MR) is 93.9 cm³/mol. The van der Waals surface area contributed by atoms with Gasteiger partial charge in [0, 0.05) is 23.3 Å². The van der Waals surface area contributed by atoms with Gasteiger partial charge in [-0.25, -0.2) is 9.59 Å². The number of hydrogen-bond donors (Lipinski definition) is 0. The summed E-state index contributed by atoms with van der Waals surface area (Å²) < 4.78 is 9.76. The number of nitro groups is 2. The Morgan fingerprint density at radius 1 is 0.750 bits per heavy atom. The van der Waals surface area contributed by atoms with Gasteiger partial charge in [0.25, 0.3) is 11.4 Å². The minimum absolute atomic E-state index is 0.0880. The monoisotopic (exact) mass is 386 g/mol. The number of benzene rings is 2. The molecule has 2 atom stereocenters. The summed E-state index contributed by atoms with van der Waals surface area (Å²) in [4.78, 5) is 42.6. The summed E-state index contributed by atoms with van der Waals surface area (Å²) in [6.45, 7) is 3.38. The van der Waals surface area contributed by atoms with Gasteiger partial charge in [-0.15, -0.1) is 0 Å². The molecule has 2 aliphatic rings. The molecule has 0 radical (unpaired) electrons. The van der Waals surface area contributed by atoms with Gasteiger partial charge in [-0.1, -0.05) is 24.3 Å². The number of nitro benzene ring substituents is 2. The zero-order valence-electron chi connectivity index (χ0n) is 14.8. The van der Waals surface area contributed by atoms with Crippen molar-refractivity contribution in [3.05, 3.63) is 78.9 Å². The van der Waals surface area contributed by atoms with Crippen molar-refractivity contribution in [1.82, 2.24) is 0 Å². The van der Waals surface area contributed by atoms with Crippen LogP contribution in [0.5, 0.6) is 0 Å². The molecule has 0 aliphatic carbocycles. The number of carbonyl (C=O) groups excluding carboxylic acids is 2. The number of ether oxygens (including phenoxy) is 2. The highest BCUT2D eigenvalue weighted by Crippen LogP contribution is 2.36. The van der Waals surface area contributed by atoms with E-state index in [9.17, 15) is 29.8 Å². The van der Waals surface area contributed by atoms with E-state index in [1.54, 1.807) is 38.1 Å². The molecule has 2 aromatic rings. The Balaban J connectivity index is 0.000000161. The Labute approximate surface area is 158 Å². The first-order valence-corrected chi connectivity index (χ1v) is 8.19. The van der Waals surface area contributed by atoms with Crippen LogP contribution in [0.25, 0.3) is 0 Å². The molecule has 10 heteroatoms. The third-order valence-corrected chi connectivity index (χ3v) is 4.39. The quantitative estimate of drug-likeness (QED) is 0.433. The number of carbonyl (C=O) groups is 2. The first-order chi connectivity index (χ1) is 13.2. The van der Waals surface area contributed by atoms with Gasteiger partial charge in [-0.2, -0.15) is 0 Å². The van der Waals surface area contributed by atoms with Crippen LogP contribution >= 0.6 is 0 Å². The Bertz CT molecular complexity index is 935. The normalized spacial score (nSPS) is 18.9. The van der Waals surface area contributed by atoms with E-state index < -0.39 is 34.0 Å². The van der Waals surface area contributed by atoms with E-state index in [0.717, 1.165) is 0 Å². The highest BCUT2D eigenvalue weighted by Gasteiger charge is 2.35. The van der Waals surface area contributed by atoms with Crippen LogP contribution in [0.4, 0.5) is 11.4 Å². The van der Waals surface area contributed by atoms with Crippen molar-refractivity contribution >= 4 is 23.3 Å². The summed E-state index contributed by atoms with van der Waals surface area (Å²) in [5, 5.41) is 21.2. The molecule has 0 saturated carbocycles. The van der Waals surface area contributed by atoms with Gasteiger partial charge in [0.05, 0.1) is 9.85 Å². The van der Waals surface area contributed by atoms with Crippen LogP contribution in [0, 0.1) is 20.2 Å². The second-order valence-electron chi connectivity index (χ2n) is 6.09. The van der Waals surface area contributed by atoms with Crippen LogP contribution < -0.4 is 0 Å². The Morgan fingerprint density at radius 3 is 1.43 bits per heavy atom. The Morgan fingerprint density at radius 2 is 1.11 bits per heavy atom. The van der Waals surface area contributed by atoms with E-state index in [1.807, 2.05) is 0 Å². The third-order valence-electron chi connectivity index (χ3n) is 4.39. The second kappa shape index (κ2) is 7.06. The second-order valence-corrected chi connectivity index (χ2v) is 6.09. The predicted octanol–water partition coefficient (Wildman–Crippen LogP) is 3.65. The maximum atomic E-state index is 11.3. The minimum Gasteiger partial charge on any atom is -0.454 e. The molecule has 0 amide bonds. The number of esters is 2. The van der Waals surface area contributed by atoms with Gasteiger partial charge < -0.3 is 9.47 Å². The summed E-state index contributed by atoms with van der Waals surface area (Å²) in [5.41, 5.74) is 0.983. The first kappa shape index (κ1) is 19.0. The van der Waals surface area contributed by atoms with Crippen molar-refractivity contribution in [2.75, 3.05) is 0 Å². The standard InChI is InChI=1S/2C9H7NO4/c2*1-5-6-3-2-4-7(10(12)13)8(6)9(11)14-5/h2*2-5H,1H3. The van der Waals surface area contributed by atoms with Gasteiger partial charge in [0.1, 0.15) is 23.3 Å². The molecule has 28 heavy (non-hydrogen) atoms. The lowest BCUT2D eigenvalue weighted by atomic mass is 10.0. The molecular weight excluding hydrogens is 372 g/mol. The van der Waals surface area contributed by atoms with E-state index in [-0.39, 0.29) is 22.5 Å². The summed E-state index contributed by atoms with van der Waals surface area (Å²) in [6, 6.07) is 9.04. The molecular formula is C18H14N2O8. The molecule has 2 unspecified atom stereocenters. The largest absolute Gasteiger partial charge is 0.454 e. The zero-order chi connectivity index (χ0) is 20.6. The molecule has 4 rings (SSSR count). The molecule has 0 aromatic heterocycles. The molecule has 0 bridgehead atoms. The van der Waals surface area contributed by atoms with Crippen LogP contribution in [-0.4, -0.2) is 21.8 Å². The smallest absolute Gasteiger partial charge is 0.346 e. The fourth-order valence-electron chi connectivity index (χ4n) is 3.11. The Kier molecular flexibility index (Phi) is 4.78. The maximum absolute atomic E-state index is 11.3. The third kappa shape index (κ3) is 3.15. The Hall–Kier alpha value is -3.82. The minimum atomic E-state index is -0.611. The summed E-state index contributed by atoms with van der Waals surface area (Å²) in [7, 11) is 0. The van der Waals surface area contributed by atoms with E-state index in [0.29, 0.717) is 11.1 Å².